The van der Waals surface area contributed by atoms with Gasteiger partial charge in [-0.1, -0.05) is 48.9 Å². The number of amides is 2. The largest absolute Gasteiger partial charge is 0.368 e. The van der Waals surface area contributed by atoms with Crippen LogP contribution in [0.15, 0.2) is 48.5 Å². The smallest absolute Gasteiger partial charge is 0.322 e. The molecular formula is C19H22ClN3O. The lowest BCUT2D eigenvalue weighted by molar-refractivity contribution is 0.208. The summed E-state index contributed by atoms with van der Waals surface area (Å²) < 4.78 is 0. The Hall–Kier alpha value is -2.20. The Morgan fingerprint density at radius 2 is 1.71 bits per heavy atom. The number of nitrogens with zero attached hydrogens (tertiary/aromatic N) is 2. The lowest BCUT2D eigenvalue weighted by Crippen LogP contribution is -2.50. The van der Waals surface area contributed by atoms with Crippen LogP contribution in [0.25, 0.3) is 0 Å². The molecule has 5 heteroatoms. The van der Waals surface area contributed by atoms with Crippen molar-refractivity contribution >= 4 is 29.0 Å². The molecule has 1 N–H and O–H groups in total. The maximum Gasteiger partial charge on any atom is 0.322 e. The normalized spacial score (nSPS) is 14.6. The predicted octanol–water partition coefficient (Wildman–Crippen LogP) is 4.26. The monoisotopic (exact) mass is 343 g/mol. The summed E-state index contributed by atoms with van der Waals surface area (Å²) in [5.41, 5.74) is 3.29. The van der Waals surface area contributed by atoms with Gasteiger partial charge in [0.2, 0.25) is 0 Å². The van der Waals surface area contributed by atoms with Gasteiger partial charge in [0.1, 0.15) is 0 Å². The molecule has 126 valence electrons. The lowest BCUT2D eigenvalue weighted by Gasteiger charge is -2.37. The highest BCUT2D eigenvalue weighted by molar-refractivity contribution is 6.33. The van der Waals surface area contributed by atoms with E-state index in [2.05, 4.69) is 41.4 Å². The van der Waals surface area contributed by atoms with E-state index in [-0.39, 0.29) is 6.03 Å². The van der Waals surface area contributed by atoms with Gasteiger partial charge in [-0.2, -0.15) is 0 Å². The molecular weight excluding hydrogens is 322 g/mol. The Labute approximate surface area is 148 Å². The summed E-state index contributed by atoms with van der Waals surface area (Å²) in [6, 6.07) is 15.7. The number of hydrogen-bond donors (Lipinski definition) is 1. The first-order chi connectivity index (χ1) is 11.7. The number of anilines is 2. The van der Waals surface area contributed by atoms with Crippen LogP contribution in [0.2, 0.25) is 5.02 Å². The first-order valence-electron chi connectivity index (χ1n) is 8.32. The second-order valence-corrected chi connectivity index (χ2v) is 6.27. The van der Waals surface area contributed by atoms with Crippen LogP contribution < -0.4 is 10.2 Å². The van der Waals surface area contributed by atoms with E-state index >= 15 is 0 Å². The molecule has 2 aromatic carbocycles. The fourth-order valence-electron chi connectivity index (χ4n) is 3.03. The molecule has 0 unspecified atom stereocenters. The first kappa shape index (κ1) is 16.7. The number of carbonyl (C=O) groups is 1. The van der Waals surface area contributed by atoms with Gasteiger partial charge in [0.25, 0.3) is 0 Å². The predicted molar refractivity (Wildman–Crippen MR) is 100 cm³/mol. The number of nitrogens with one attached hydrogen (secondary N) is 1. The lowest BCUT2D eigenvalue weighted by atomic mass is 10.1. The van der Waals surface area contributed by atoms with Crippen LogP contribution in [-0.4, -0.2) is 37.1 Å². The average molecular weight is 344 g/mol. The molecule has 0 radical (unpaired) electrons. The van der Waals surface area contributed by atoms with E-state index in [4.69, 9.17) is 11.6 Å². The Morgan fingerprint density at radius 3 is 2.42 bits per heavy atom. The van der Waals surface area contributed by atoms with Gasteiger partial charge in [-0.25, -0.2) is 4.79 Å². The molecule has 0 aliphatic carbocycles. The Bertz CT molecular complexity index is 711. The molecule has 1 aliphatic heterocycles. The minimum atomic E-state index is -0.0912. The third-order valence-electron chi connectivity index (χ3n) is 4.40. The van der Waals surface area contributed by atoms with Crippen LogP contribution in [0.4, 0.5) is 16.2 Å². The van der Waals surface area contributed by atoms with E-state index in [1.807, 2.05) is 23.1 Å². The quantitative estimate of drug-likeness (QED) is 0.904. The summed E-state index contributed by atoms with van der Waals surface area (Å²) in [7, 11) is 0. The maximum absolute atomic E-state index is 12.4. The molecule has 0 atom stereocenters. The summed E-state index contributed by atoms with van der Waals surface area (Å²) >= 11 is 6.10. The van der Waals surface area contributed by atoms with Crippen molar-refractivity contribution in [1.29, 1.82) is 0 Å². The highest BCUT2D eigenvalue weighted by Crippen LogP contribution is 2.23. The molecule has 0 saturated carbocycles. The summed E-state index contributed by atoms with van der Waals surface area (Å²) in [5.74, 6) is 0. The van der Waals surface area contributed by atoms with E-state index in [9.17, 15) is 4.79 Å². The molecule has 0 bridgehead atoms. The molecule has 0 spiro atoms. The number of rotatable bonds is 3. The zero-order valence-electron chi connectivity index (χ0n) is 13.8. The topological polar surface area (TPSA) is 35.6 Å². The fraction of sp³-hybridized carbons (Fsp3) is 0.316. The van der Waals surface area contributed by atoms with Gasteiger partial charge >= 0.3 is 6.03 Å². The SMILES string of the molecule is CCc1ccccc1N1CCN(C(=O)Nc2ccccc2Cl)CC1. The van der Waals surface area contributed by atoms with Gasteiger partial charge in [0.15, 0.2) is 0 Å². The van der Waals surface area contributed by atoms with Crippen LogP contribution in [0.1, 0.15) is 12.5 Å². The Balaban J connectivity index is 1.61. The molecule has 3 rings (SSSR count). The van der Waals surface area contributed by atoms with Gasteiger partial charge in [0.05, 0.1) is 10.7 Å². The van der Waals surface area contributed by atoms with E-state index in [0.717, 1.165) is 19.5 Å². The number of piperazine rings is 1. The van der Waals surface area contributed by atoms with Crippen molar-refractivity contribution < 1.29 is 4.79 Å². The number of carbonyl (C=O) groups excluding carboxylic acids is 1. The van der Waals surface area contributed by atoms with Crippen molar-refractivity contribution in [2.75, 3.05) is 36.4 Å². The van der Waals surface area contributed by atoms with Crippen LogP contribution in [0.3, 0.4) is 0 Å². The Morgan fingerprint density at radius 1 is 1.04 bits per heavy atom. The minimum Gasteiger partial charge on any atom is -0.368 e. The zero-order chi connectivity index (χ0) is 16.9. The molecule has 1 fully saturated rings. The second-order valence-electron chi connectivity index (χ2n) is 5.87. The summed E-state index contributed by atoms with van der Waals surface area (Å²) in [4.78, 5) is 16.6. The molecule has 24 heavy (non-hydrogen) atoms. The Kier molecular flexibility index (Phi) is 5.26. The van der Waals surface area contributed by atoms with Crippen molar-refractivity contribution in [3.05, 3.63) is 59.1 Å². The van der Waals surface area contributed by atoms with E-state index < -0.39 is 0 Å². The van der Waals surface area contributed by atoms with Gasteiger partial charge in [-0.15, -0.1) is 0 Å². The number of aryl methyl sites for hydroxylation is 1. The fourth-order valence-corrected chi connectivity index (χ4v) is 3.21. The molecule has 1 saturated heterocycles. The minimum absolute atomic E-state index is 0.0912. The van der Waals surface area contributed by atoms with E-state index in [1.54, 1.807) is 6.07 Å². The average Bonchev–Trinajstić information content (AvgIpc) is 2.63. The van der Waals surface area contributed by atoms with Crippen LogP contribution in [0, 0.1) is 0 Å². The van der Waals surface area contributed by atoms with Crippen molar-refractivity contribution in [3.8, 4) is 0 Å². The van der Waals surface area contributed by atoms with Gasteiger partial charge in [-0.05, 0) is 30.2 Å². The van der Waals surface area contributed by atoms with Gasteiger partial charge in [-0.3, -0.25) is 0 Å². The van der Waals surface area contributed by atoms with Crippen LogP contribution in [-0.2, 0) is 6.42 Å². The number of halogens is 1. The van der Waals surface area contributed by atoms with Crippen molar-refractivity contribution in [2.45, 2.75) is 13.3 Å². The maximum atomic E-state index is 12.4. The highest BCUT2D eigenvalue weighted by Gasteiger charge is 2.22. The summed E-state index contributed by atoms with van der Waals surface area (Å²) in [5, 5.41) is 3.45. The molecule has 4 nitrogen and oxygen atoms in total. The third kappa shape index (κ3) is 3.65. The second kappa shape index (κ2) is 7.58. The van der Waals surface area contributed by atoms with Crippen molar-refractivity contribution in [2.24, 2.45) is 0 Å². The standard InChI is InChI=1S/C19H22ClN3O/c1-2-15-7-3-6-10-18(15)22-11-13-23(14-12-22)19(24)21-17-9-5-4-8-16(17)20/h3-10H,2,11-14H2,1H3,(H,21,24). The first-order valence-corrected chi connectivity index (χ1v) is 8.70. The van der Waals surface area contributed by atoms with Crippen LogP contribution in [0.5, 0.6) is 0 Å². The van der Waals surface area contributed by atoms with Gasteiger partial charge in [0, 0.05) is 31.9 Å². The number of para-hydroxylation sites is 2. The molecule has 2 amide bonds. The number of hydrogen-bond acceptors (Lipinski definition) is 2. The van der Waals surface area contributed by atoms with E-state index in [1.165, 1.54) is 11.3 Å². The molecule has 2 aromatic rings. The summed E-state index contributed by atoms with van der Waals surface area (Å²) in [6.45, 7) is 5.26. The summed E-state index contributed by atoms with van der Waals surface area (Å²) in [6.07, 6.45) is 1.02. The molecule has 0 aromatic heterocycles. The van der Waals surface area contributed by atoms with E-state index in [0.29, 0.717) is 23.8 Å². The van der Waals surface area contributed by atoms with Crippen molar-refractivity contribution in [3.63, 3.8) is 0 Å². The highest BCUT2D eigenvalue weighted by atomic mass is 35.5. The van der Waals surface area contributed by atoms with Gasteiger partial charge < -0.3 is 15.1 Å². The molecule has 1 aliphatic rings. The number of benzene rings is 2. The molecule has 1 heterocycles. The van der Waals surface area contributed by atoms with Crippen molar-refractivity contribution in [1.82, 2.24) is 4.90 Å². The number of urea groups is 1. The zero-order valence-corrected chi connectivity index (χ0v) is 14.6. The third-order valence-corrected chi connectivity index (χ3v) is 4.73. The van der Waals surface area contributed by atoms with Crippen LogP contribution >= 0.6 is 11.6 Å².